The summed E-state index contributed by atoms with van der Waals surface area (Å²) in [6.07, 6.45) is 1.82. The van der Waals surface area contributed by atoms with Crippen LogP contribution in [-0.2, 0) is 4.79 Å². The summed E-state index contributed by atoms with van der Waals surface area (Å²) in [5, 5.41) is 0. The monoisotopic (exact) mass is 458 g/mol. The minimum atomic E-state index is -0.145. The predicted octanol–water partition coefficient (Wildman–Crippen LogP) is 7.24. The Morgan fingerprint density at radius 1 is 0.743 bits per heavy atom. The minimum absolute atomic E-state index is 0.145. The Kier molecular flexibility index (Phi) is 6.02. The van der Waals surface area contributed by atoms with Gasteiger partial charge in [-0.05, 0) is 67.8 Å². The van der Waals surface area contributed by atoms with Gasteiger partial charge in [-0.2, -0.15) is 0 Å². The molecule has 1 amide bonds. The summed E-state index contributed by atoms with van der Waals surface area (Å²) in [6.45, 7) is 6.15. The van der Waals surface area contributed by atoms with Crippen LogP contribution in [0.3, 0.4) is 0 Å². The lowest BCUT2D eigenvalue weighted by atomic mass is 10.0. The summed E-state index contributed by atoms with van der Waals surface area (Å²) in [5.41, 5.74) is 6.26. The van der Waals surface area contributed by atoms with Gasteiger partial charge in [-0.25, -0.2) is 4.99 Å². The SMILES string of the molecule is Cc1cc(C)c(N2C(=O)/C(=C\c3cccc(Oc4ccccc4)c3)N=C2c2ccccc2)c(C)c1. The molecule has 0 unspecified atom stereocenters. The molecule has 0 saturated heterocycles. The highest BCUT2D eigenvalue weighted by atomic mass is 16.5. The molecule has 0 aromatic heterocycles. The van der Waals surface area contributed by atoms with Crippen LogP contribution in [0.15, 0.2) is 108 Å². The molecular weight excluding hydrogens is 432 g/mol. The topological polar surface area (TPSA) is 41.9 Å². The van der Waals surface area contributed by atoms with E-state index < -0.39 is 0 Å². The lowest BCUT2D eigenvalue weighted by Crippen LogP contribution is -2.34. The lowest BCUT2D eigenvalue weighted by molar-refractivity contribution is -0.113. The van der Waals surface area contributed by atoms with Gasteiger partial charge in [-0.3, -0.25) is 9.69 Å². The molecule has 1 aliphatic rings. The molecule has 0 atom stereocenters. The van der Waals surface area contributed by atoms with E-state index >= 15 is 0 Å². The van der Waals surface area contributed by atoms with Crippen molar-refractivity contribution in [3.8, 4) is 11.5 Å². The molecule has 0 N–H and O–H groups in total. The maximum Gasteiger partial charge on any atom is 0.282 e. The van der Waals surface area contributed by atoms with Gasteiger partial charge in [-0.15, -0.1) is 0 Å². The maximum absolute atomic E-state index is 13.8. The Bertz CT molecular complexity index is 1430. The van der Waals surface area contributed by atoms with Crippen molar-refractivity contribution in [3.63, 3.8) is 0 Å². The van der Waals surface area contributed by atoms with E-state index in [1.165, 1.54) is 5.56 Å². The van der Waals surface area contributed by atoms with E-state index in [1.54, 1.807) is 4.90 Å². The number of nitrogens with zero attached hydrogens (tertiary/aromatic N) is 2. The van der Waals surface area contributed by atoms with Crippen molar-refractivity contribution in [1.29, 1.82) is 0 Å². The summed E-state index contributed by atoms with van der Waals surface area (Å²) in [4.78, 5) is 20.3. The first-order valence-electron chi connectivity index (χ1n) is 11.6. The van der Waals surface area contributed by atoms with Crippen molar-refractivity contribution in [2.24, 2.45) is 4.99 Å². The number of amidine groups is 1. The van der Waals surface area contributed by atoms with Crippen LogP contribution in [0.2, 0.25) is 0 Å². The molecule has 0 radical (unpaired) electrons. The van der Waals surface area contributed by atoms with Crippen LogP contribution in [0.4, 0.5) is 5.69 Å². The number of carbonyl (C=O) groups excluding carboxylic acids is 1. The summed E-state index contributed by atoms with van der Waals surface area (Å²) in [5.74, 6) is 1.95. The highest BCUT2D eigenvalue weighted by molar-refractivity contribution is 6.33. The van der Waals surface area contributed by atoms with E-state index in [4.69, 9.17) is 9.73 Å². The number of rotatable bonds is 5. The number of aryl methyl sites for hydroxylation is 3. The Balaban J connectivity index is 1.56. The first kappa shape index (κ1) is 22.4. The van der Waals surface area contributed by atoms with E-state index in [0.717, 1.165) is 33.7 Å². The molecule has 0 bridgehead atoms. The van der Waals surface area contributed by atoms with Crippen LogP contribution in [0.1, 0.15) is 27.8 Å². The first-order chi connectivity index (χ1) is 17.0. The minimum Gasteiger partial charge on any atom is -0.457 e. The molecule has 35 heavy (non-hydrogen) atoms. The quantitative estimate of drug-likeness (QED) is 0.296. The van der Waals surface area contributed by atoms with E-state index in [9.17, 15) is 4.79 Å². The largest absolute Gasteiger partial charge is 0.457 e. The third-order valence-corrected chi connectivity index (χ3v) is 5.89. The highest BCUT2D eigenvalue weighted by Gasteiger charge is 2.34. The highest BCUT2D eigenvalue weighted by Crippen LogP contribution is 2.34. The van der Waals surface area contributed by atoms with Gasteiger partial charge in [-0.1, -0.05) is 78.4 Å². The third-order valence-electron chi connectivity index (χ3n) is 5.89. The number of hydrogen-bond donors (Lipinski definition) is 0. The van der Waals surface area contributed by atoms with Crippen LogP contribution >= 0.6 is 0 Å². The zero-order valence-corrected chi connectivity index (χ0v) is 20.0. The molecule has 0 spiro atoms. The van der Waals surface area contributed by atoms with E-state index in [0.29, 0.717) is 17.3 Å². The molecule has 4 nitrogen and oxygen atoms in total. The standard InChI is InChI=1S/C31H26N2O2/c1-21-17-22(2)29(23(3)18-21)33-30(25-12-6-4-7-13-25)32-28(31(33)34)20-24-11-10-16-27(19-24)35-26-14-8-5-9-15-26/h4-20H,1-3H3/b28-20+. The second-order valence-electron chi connectivity index (χ2n) is 8.71. The van der Waals surface area contributed by atoms with Crippen molar-refractivity contribution >= 4 is 23.5 Å². The van der Waals surface area contributed by atoms with E-state index in [1.807, 2.05) is 105 Å². The number of amides is 1. The molecule has 0 aliphatic carbocycles. The maximum atomic E-state index is 13.8. The molecule has 1 heterocycles. The molecule has 1 aliphatic heterocycles. The number of ether oxygens (including phenoxy) is 1. The van der Waals surface area contributed by atoms with Gasteiger partial charge in [0.1, 0.15) is 23.0 Å². The number of benzene rings is 4. The van der Waals surface area contributed by atoms with Crippen LogP contribution < -0.4 is 9.64 Å². The Morgan fingerprint density at radius 2 is 1.37 bits per heavy atom. The van der Waals surface area contributed by atoms with Crippen LogP contribution in [0, 0.1) is 20.8 Å². The van der Waals surface area contributed by atoms with Gasteiger partial charge < -0.3 is 4.74 Å². The smallest absolute Gasteiger partial charge is 0.282 e. The molecule has 4 aromatic rings. The first-order valence-corrected chi connectivity index (χ1v) is 11.6. The Hall–Kier alpha value is -4.44. The number of carbonyl (C=O) groups is 1. The van der Waals surface area contributed by atoms with Crippen molar-refractivity contribution in [2.75, 3.05) is 4.90 Å². The normalized spacial score (nSPS) is 14.4. The number of anilines is 1. The molecule has 4 aromatic carbocycles. The van der Waals surface area contributed by atoms with Gasteiger partial charge in [0.25, 0.3) is 5.91 Å². The molecule has 0 fully saturated rings. The number of para-hydroxylation sites is 1. The zero-order chi connectivity index (χ0) is 24.4. The molecule has 172 valence electrons. The number of hydrogen-bond acceptors (Lipinski definition) is 3. The van der Waals surface area contributed by atoms with Gasteiger partial charge in [0.15, 0.2) is 0 Å². The zero-order valence-electron chi connectivity index (χ0n) is 20.0. The van der Waals surface area contributed by atoms with Gasteiger partial charge in [0.2, 0.25) is 0 Å². The Morgan fingerprint density at radius 3 is 2.06 bits per heavy atom. The molecular formula is C31H26N2O2. The van der Waals surface area contributed by atoms with Crippen LogP contribution in [-0.4, -0.2) is 11.7 Å². The van der Waals surface area contributed by atoms with Crippen molar-refractivity contribution < 1.29 is 9.53 Å². The second-order valence-corrected chi connectivity index (χ2v) is 8.71. The lowest BCUT2D eigenvalue weighted by Gasteiger charge is -2.23. The average Bonchev–Trinajstić information content (AvgIpc) is 3.16. The number of aliphatic imine (C=N–C) groups is 1. The van der Waals surface area contributed by atoms with Gasteiger partial charge in [0, 0.05) is 5.56 Å². The summed E-state index contributed by atoms with van der Waals surface area (Å²) in [7, 11) is 0. The van der Waals surface area contributed by atoms with E-state index in [-0.39, 0.29) is 5.91 Å². The fraction of sp³-hybridized carbons (Fsp3) is 0.0968. The fourth-order valence-electron chi connectivity index (χ4n) is 4.48. The summed E-state index contributed by atoms with van der Waals surface area (Å²) in [6, 6.07) is 31.3. The van der Waals surface area contributed by atoms with Crippen molar-refractivity contribution in [3.05, 3.63) is 131 Å². The fourth-order valence-corrected chi connectivity index (χ4v) is 4.48. The molecule has 4 heteroatoms. The molecule has 0 saturated carbocycles. The van der Waals surface area contributed by atoms with Crippen LogP contribution in [0.5, 0.6) is 11.5 Å². The summed E-state index contributed by atoms with van der Waals surface area (Å²) < 4.78 is 5.97. The van der Waals surface area contributed by atoms with Crippen molar-refractivity contribution in [1.82, 2.24) is 0 Å². The molecule has 5 rings (SSSR count). The van der Waals surface area contributed by atoms with E-state index in [2.05, 4.69) is 19.1 Å². The van der Waals surface area contributed by atoms with Crippen molar-refractivity contribution in [2.45, 2.75) is 20.8 Å². The summed E-state index contributed by atoms with van der Waals surface area (Å²) >= 11 is 0. The predicted molar refractivity (Wildman–Crippen MR) is 142 cm³/mol. The van der Waals surface area contributed by atoms with Gasteiger partial charge in [0.05, 0.1) is 5.69 Å². The Labute approximate surface area is 205 Å². The second kappa shape index (κ2) is 9.43. The third kappa shape index (κ3) is 4.64. The van der Waals surface area contributed by atoms with Gasteiger partial charge >= 0.3 is 0 Å². The average molecular weight is 459 g/mol. The van der Waals surface area contributed by atoms with Crippen LogP contribution in [0.25, 0.3) is 6.08 Å².